The number of rotatable bonds is 9. The molecule has 0 saturated carbocycles. The average Bonchev–Trinajstić information content (AvgIpc) is 3.32. The maximum absolute atomic E-state index is 12.5. The van der Waals surface area contributed by atoms with E-state index in [1.54, 1.807) is 18.0 Å². The minimum Gasteiger partial charge on any atom is -0.493 e. The molecular formula is C25H29Cl2N3O2S. The Morgan fingerprint density at radius 1 is 1.00 bits per heavy atom. The number of hydrogen-bond acceptors (Lipinski definition) is 5. The van der Waals surface area contributed by atoms with Gasteiger partial charge in [-0.25, -0.2) is 0 Å². The van der Waals surface area contributed by atoms with Crippen molar-refractivity contribution in [2.75, 3.05) is 18.9 Å². The second kappa shape index (κ2) is 14.1. The van der Waals surface area contributed by atoms with E-state index in [1.165, 1.54) is 11.1 Å². The number of nitrogens with one attached hydrogen (secondary N) is 2. The Bertz CT molecular complexity index is 962. The van der Waals surface area contributed by atoms with E-state index in [4.69, 9.17) is 4.74 Å². The standard InChI is InChI=1S/C25H27N3O2S.2ClH/c29-24(23-18-31-25(28-23)21-7-4-14-26-17-21)27-15-12-20-8-10-22(11-9-20)30-16-13-19-5-2-1-3-6-19;;/h1-11,14,17,23,25,28H,12-13,15-16,18H2,(H,27,29);2*1H. The number of aromatic nitrogens is 1. The fraction of sp³-hybridized carbons (Fsp3) is 0.280. The van der Waals surface area contributed by atoms with Crippen LogP contribution in [-0.2, 0) is 17.6 Å². The number of thioether (sulfide) groups is 1. The summed E-state index contributed by atoms with van der Waals surface area (Å²) in [6.45, 7) is 1.28. The first-order valence-corrected chi connectivity index (χ1v) is 11.6. The number of amides is 1. The second-order valence-electron chi connectivity index (χ2n) is 7.49. The Labute approximate surface area is 211 Å². The molecule has 2 N–H and O–H groups in total. The van der Waals surface area contributed by atoms with Crippen molar-refractivity contribution in [3.63, 3.8) is 0 Å². The first-order chi connectivity index (χ1) is 15.3. The lowest BCUT2D eigenvalue weighted by atomic mass is 10.1. The molecule has 176 valence electrons. The van der Waals surface area contributed by atoms with Gasteiger partial charge < -0.3 is 10.1 Å². The van der Waals surface area contributed by atoms with Gasteiger partial charge in [0, 0.05) is 31.1 Å². The molecular weight excluding hydrogens is 477 g/mol. The number of carbonyl (C=O) groups is 1. The third kappa shape index (κ3) is 8.23. The Kier molecular flexibility index (Phi) is 11.5. The van der Waals surface area contributed by atoms with Crippen LogP contribution in [0.15, 0.2) is 79.1 Å². The van der Waals surface area contributed by atoms with Gasteiger partial charge in [-0.2, -0.15) is 0 Å². The highest BCUT2D eigenvalue weighted by molar-refractivity contribution is 7.99. The van der Waals surface area contributed by atoms with Crippen LogP contribution in [0.25, 0.3) is 0 Å². The van der Waals surface area contributed by atoms with Gasteiger partial charge in [0.25, 0.3) is 0 Å². The number of halogens is 2. The van der Waals surface area contributed by atoms with Crippen molar-refractivity contribution in [1.82, 2.24) is 15.6 Å². The lowest BCUT2D eigenvalue weighted by Crippen LogP contribution is -2.43. The van der Waals surface area contributed by atoms with E-state index in [2.05, 4.69) is 39.9 Å². The van der Waals surface area contributed by atoms with E-state index in [-0.39, 0.29) is 42.1 Å². The molecule has 8 heteroatoms. The summed E-state index contributed by atoms with van der Waals surface area (Å²) < 4.78 is 5.84. The highest BCUT2D eigenvalue weighted by Gasteiger charge is 2.30. The van der Waals surface area contributed by atoms with E-state index in [9.17, 15) is 4.79 Å². The highest BCUT2D eigenvalue weighted by atomic mass is 35.5. The fourth-order valence-corrected chi connectivity index (χ4v) is 4.71. The SMILES string of the molecule is Cl.Cl.O=C(NCCc1ccc(OCCc2ccccc2)cc1)C1CSC(c2cccnc2)N1. The molecule has 0 bridgehead atoms. The van der Waals surface area contributed by atoms with Gasteiger partial charge in [0.05, 0.1) is 18.0 Å². The number of ether oxygens (including phenoxy) is 1. The molecule has 1 amide bonds. The Balaban J connectivity index is 0.00000193. The summed E-state index contributed by atoms with van der Waals surface area (Å²) >= 11 is 1.74. The molecule has 3 aromatic rings. The molecule has 4 rings (SSSR count). The van der Waals surface area contributed by atoms with Crippen LogP contribution in [0, 0.1) is 0 Å². The molecule has 0 radical (unpaired) electrons. The first-order valence-electron chi connectivity index (χ1n) is 10.6. The van der Waals surface area contributed by atoms with Crippen LogP contribution in [-0.4, -0.2) is 35.8 Å². The van der Waals surface area contributed by atoms with Crippen LogP contribution in [0.1, 0.15) is 22.1 Å². The zero-order chi connectivity index (χ0) is 21.3. The number of pyridine rings is 1. The summed E-state index contributed by atoms with van der Waals surface area (Å²) in [5.41, 5.74) is 3.56. The van der Waals surface area contributed by atoms with Gasteiger partial charge in [-0.1, -0.05) is 48.5 Å². The largest absolute Gasteiger partial charge is 0.493 e. The minimum absolute atomic E-state index is 0. The van der Waals surface area contributed by atoms with Crippen LogP contribution in [0.4, 0.5) is 0 Å². The van der Waals surface area contributed by atoms with Crippen molar-refractivity contribution >= 4 is 42.5 Å². The van der Waals surface area contributed by atoms with Crippen LogP contribution < -0.4 is 15.4 Å². The summed E-state index contributed by atoms with van der Waals surface area (Å²) in [4.78, 5) is 16.6. The smallest absolute Gasteiger partial charge is 0.238 e. The third-order valence-electron chi connectivity index (χ3n) is 5.22. The van der Waals surface area contributed by atoms with Crippen LogP contribution in [0.3, 0.4) is 0 Å². The van der Waals surface area contributed by atoms with E-state index < -0.39 is 0 Å². The van der Waals surface area contributed by atoms with Crippen molar-refractivity contribution in [2.24, 2.45) is 0 Å². The Morgan fingerprint density at radius 3 is 2.48 bits per heavy atom. The van der Waals surface area contributed by atoms with Crippen molar-refractivity contribution in [3.05, 3.63) is 95.8 Å². The third-order valence-corrected chi connectivity index (χ3v) is 6.49. The highest BCUT2D eigenvalue weighted by Crippen LogP contribution is 2.32. The lowest BCUT2D eigenvalue weighted by molar-refractivity contribution is -0.122. The van der Waals surface area contributed by atoms with Crippen LogP contribution in [0.2, 0.25) is 0 Å². The normalized spacial score (nSPS) is 16.8. The van der Waals surface area contributed by atoms with E-state index in [0.717, 1.165) is 29.9 Å². The molecule has 33 heavy (non-hydrogen) atoms. The topological polar surface area (TPSA) is 63.2 Å². The van der Waals surface area contributed by atoms with Gasteiger partial charge in [-0.3, -0.25) is 15.1 Å². The summed E-state index contributed by atoms with van der Waals surface area (Å²) in [5, 5.41) is 6.56. The number of nitrogens with zero attached hydrogens (tertiary/aromatic N) is 1. The predicted octanol–water partition coefficient (Wildman–Crippen LogP) is 4.61. The molecule has 2 unspecified atom stereocenters. The quantitative estimate of drug-likeness (QED) is 0.444. The Hall–Kier alpha value is -2.25. The molecule has 1 aromatic heterocycles. The van der Waals surface area contributed by atoms with Gasteiger partial charge in [0.1, 0.15) is 5.75 Å². The molecule has 2 atom stereocenters. The van der Waals surface area contributed by atoms with Crippen LogP contribution >= 0.6 is 36.6 Å². The number of hydrogen-bond donors (Lipinski definition) is 2. The average molecular weight is 506 g/mol. The van der Waals surface area contributed by atoms with Gasteiger partial charge in [0.15, 0.2) is 0 Å². The van der Waals surface area contributed by atoms with Crippen molar-refractivity contribution < 1.29 is 9.53 Å². The molecule has 5 nitrogen and oxygen atoms in total. The number of benzene rings is 2. The molecule has 1 saturated heterocycles. The summed E-state index contributed by atoms with van der Waals surface area (Å²) in [7, 11) is 0. The molecule has 0 aliphatic carbocycles. The molecule has 1 fully saturated rings. The van der Waals surface area contributed by atoms with Crippen molar-refractivity contribution in [2.45, 2.75) is 24.3 Å². The molecule has 2 heterocycles. The maximum Gasteiger partial charge on any atom is 0.238 e. The zero-order valence-electron chi connectivity index (χ0n) is 18.2. The molecule has 2 aromatic carbocycles. The fourth-order valence-electron chi connectivity index (χ4n) is 3.48. The van der Waals surface area contributed by atoms with Crippen molar-refractivity contribution in [1.29, 1.82) is 0 Å². The lowest BCUT2D eigenvalue weighted by Gasteiger charge is -2.13. The monoisotopic (exact) mass is 505 g/mol. The van der Waals surface area contributed by atoms with Crippen LogP contribution in [0.5, 0.6) is 5.75 Å². The summed E-state index contributed by atoms with van der Waals surface area (Å²) in [6.07, 6.45) is 5.29. The van der Waals surface area contributed by atoms with Gasteiger partial charge in [-0.05, 0) is 41.3 Å². The van der Waals surface area contributed by atoms with E-state index in [1.807, 2.05) is 48.7 Å². The van der Waals surface area contributed by atoms with Gasteiger partial charge in [-0.15, -0.1) is 36.6 Å². The molecule has 0 spiro atoms. The minimum atomic E-state index is -0.171. The summed E-state index contributed by atoms with van der Waals surface area (Å²) in [5.74, 6) is 1.69. The second-order valence-corrected chi connectivity index (χ2v) is 8.63. The Morgan fingerprint density at radius 2 is 1.76 bits per heavy atom. The predicted molar refractivity (Wildman–Crippen MR) is 140 cm³/mol. The number of carbonyl (C=O) groups excluding carboxylic acids is 1. The molecule has 1 aliphatic heterocycles. The maximum atomic E-state index is 12.5. The van der Waals surface area contributed by atoms with Crippen molar-refractivity contribution in [3.8, 4) is 5.75 Å². The van der Waals surface area contributed by atoms with Gasteiger partial charge >= 0.3 is 0 Å². The van der Waals surface area contributed by atoms with E-state index >= 15 is 0 Å². The first kappa shape index (κ1) is 27.0. The zero-order valence-corrected chi connectivity index (χ0v) is 20.6. The molecule has 1 aliphatic rings. The van der Waals surface area contributed by atoms with Gasteiger partial charge in [0.2, 0.25) is 5.91 Å². The van der Waals surface area contributed by atoms with E-state index in [0.29, 0.717) is 13.2 Å². The summed E-state index contributed by atoms with van der Waals surface area (Å²) in [6, 6.07) is 22.2.